The molecule has 0 aliphatic carbocycles. The molecule has 1 atom stereocenters. The number of carbonyl (C=O) groups is 1. The minimum atomic E-state index is -0.103. The number of amides is 1. The zero-order valence-electron chi connectivity index (χ0n) is 11.9. The van der Waals surface area contributed by atoms with E-state index in [1.54, 1.807) is 18.3 Å². The molecule has 1 amide bonds. The van der Waals surface area contributed by atoms with Crippen LogP contribution >= 0.6 is 0 Å². The normalized spacial score (nSPS) is 11.9. The highest BCUT2D eigenvalue weighted by Gasteiger charge is 2.10. The fraction of sp³-hybridized carbons (Fsp3) is 0.571. The average Bonchev–Trinajstić information content (AvgIpc) is 2.43. The Balaban J connectivity index is 2.56. The van der Waals surface area contributed by atoms with Gasteiger partial charge in [-0.15, -0.1) is 0 Å². The largest absolute Gasteiger partial charge is 0.380 e. The highest BCUT2D eigenvalue weighted by Crippen LogP contribution is 2.07. The molecule has 1 heterocycles. The van der Waals surface area contributed by atoms with Crippen LogP contribution in [0.1, 0.15) is 37.6 Å². The Kier molecular flexibility index (Phi) is 6.89. The van der Waals surface area contributed by atoms with Crippen molar-refractivity contribution in [2.45, 2.75) is 33.2 Å². The first-order chi connectivity index (χ1) is 9.17. The molecule has 0 saturated carbocycles. The number of aromatic nitrogens is 1. The van der Waals surface area contributed by atoms with E-state index in [4.69, 9.17) is 4.74 Å². The van der Waals surface area contributed by atoms with Gasteiger partial charge in [-0.1, -0.05) is 6.92 Å². The number of pyridine rings is 1. The minimum Gasteiger partial charge on any atom is -0.380 e. The molecule has 1 aromatic rings. The van der Waals surface area contributed by atoms with Gasteiger partial charge in [0.05, 0.1) is 6.61 Å². The summed E-state index contributed by atoms with van der Waals surface area (Å²) in [5, 5.41) is 6.06. The highest BCUT2D eigenvalue weighted by atomic mass is 16.5. The Morgan fingerprint density at radius 3 is 2.95 bits per heavy atom. The van der Waals surface area contributed by atoms with Crippen LogP contribution in [0.5, 0.6) is 0 Å². The van der Waals surface area contributed by atoms with Crippen LogP contribution in [-0.4, -0.2) is 36.7 Å². The summed E-state index contributed by atoms with van der Waals surface area (Å²) in [6.07, 6.45) is 2.66. The molecule has 1 aromatic heterocycles. The summed E-state index contributed by atoms with van der Waals surface area (Å²) in [6, 6.07) is 3.46. The van der Waals surface area contributed by atoms with Gasteiger partial charge in [0, 0.05) is 31.0 Å². The third-order valence-corrected chi connectivity index (χ3v) is 2.53. The molecule has 0 bridgehead atoms. The Bertz CT molecular complexity index is 396. The first kappa shape index (κ1) is 15.4. The van der Waals surface area contributed by atoms with Crippen molar-refractivity contribution in [1.29, 1.82) is 0 Å². The maximum atomic E-state index is 12.0. The lowest BCUT2D eigenvalue weighted by Crippen LogP contribution is -2.35. The summed E-state index contributed by atoms with van der Waals surface area (Å²) in [7, 11) is 0. The van der Waals surface area contributed by atoms with E-state index in [0.717, 1.165) is 18.8 Å². The van der Waals surface area contributed by atoms with Gasteiger partial charge in [-0.05, 0) is 32.4 Å². The number of nitrogens with zero attached hydrogens (tertiary/aromatic N) is 1. The predicted molar refractivity (Wildman–Crippen MR) is 76.4 cm³/mol. The van der Waals surface area contributed by atoms with Crippen LogP contribution in [0.15, 0.2) is 18.3 Å². The van der Waals surface area contributed by atoms with Gasteiger partial charge in [-0.3, -0.25) is 4.79 Å². The second kappa shape index (κ2) is 8.48. The van der Waals surface area contributed by atoms with E-state index in [2.05, 4.69) is 22.5 Å². The van der Waals surface area contributed by atoms with Gasteiger partial charge in [-0.2, -0.15) is 0 Å². The SMILES string of the molecule is CCCNc1cc(C(=O)NC(C)COCC)ccn1. The van der Waals surface area contributed by atoms with Gasteiger partial charge in [0.25, 0.3) is 5.91 Å². The molecule has 0 aliphatic rings. The lowest BCUT2D eigenvalue weighted by atomic mass is 10.2. The van der Waals surface area contributed by atoms with Crippen LogP contribution in [0, 0.1) is 0 Å². The monoisotopic (exact) mass is 265 g/mol. The Morgan fingerprint density at radius 2 is 2.26 bits per heavy atom. The molecule has 1 unspecified atom stereocenters. The van der Waals surface area contributed by atoms with Crippen molar-refractivity contribution < 1.29 is 9.53 Å². The molecule has 0 saturated heterocycles. The fourth-order valence-electron chi connectivity index (χ4n) is 1.56. The Labute approximate surface area is 114 Å². The second-order valence-corrected chi connectivity index (χ2v) is 4.39. The van der Waals surface area contributed by atoms with E-state index < -0.39 is 0 Å². The van der Waals surface area contributed by atoms with Crippen LogP contribution in [0.2, 0.25) is 0 Å². The second-order valence-electron chi connectivity index (χ2n) is 4.39. The topological polar surface area (TPSA) is 63.2 Å². The van der Waals surface area contributed by atoms with E-state index in [1.807, 2.05) is 13.8 Å². The molecule has 2 N–H and O–H groups in total. The van der Waals surface area contributed by atoms with E-state index >= 15 is 0 Å². The van der Waals surface area contributed by atoms with Gasteiger partial charge < -0.3 is 15.4 Å². The maximum Gasteiger partial charge on any atom is 0.251 e. The molecule has 19 heavy (non-hydrogen) atoms. The number of nitrogens with one attached hydrogen (secondary N) is 2. The number of hydrogen-bond donors (Lipinski definition) is 2. The summed E-state index contributed by atoms with van der Waals surface area (Å²) >= 11 is 0. The molecular weight excluding hydrogens is 242 g/mol. The van der Waals surface area contributed by atoms with Crippen molar-refractivity contribution >= 4 is 11.7 Å². The van der Waals surface area contributed by atoms with E-state index in [0.29, 0.717) is 18.8 Å². The number of carbonyl (C=O) groups excluding carboxylic acids is 1. The molecule has 0 spiro atoms. The molecule has 0 fully saturated rings. The summed E-state index contributed by atoms with van der Waals surface area (Å²) in [5.41, 5.74) is 0.608. The van der Waals surface area contributed by atoms with Crippen LogP contribution in [0.4, 0.5) is 5.82 Å². The minimum absolute atomic E-state index is 0.00679. The number of ether oxygens (including phenoxy) is 1. The number of rotatable bonds is 8. The van der Waals surface area contributed by atoms with Gasteiger partial charge in [0.1, 0.15) is 5.82 Å². The first-order valence-corrected chi connectivity index (χ1v) is 6.75. The number of anilines is 1. The summed E-state index contributed by atoms with van der Waals surface area (Å²) in [4.78, 5) is 16.2. The van der Waals surface area contributed by atoms with Crippen molar-refractivity contribution in [3.63, 3.8) is 0 Å². The van der Waals surface area contributed by atoms with Crippen molar-refractivity contribution in [3.05, 3.63) is 23.9 Å². The smallest absolute Gasteiger partial charge is 0.251 e. The Morgan fingerprint density at radius 1 is 1.47 bits per heavy atom. The van der Waals surface area contributed by atoms with Gasteiger partial charge >= 0.3 is 0 Å². The Hall–Kier alpha value is -1.62. The molecular formula is C14H23N3O2. The van der Waals surface area contributed by atoms with Gasteiger partial charge in [-0.25, -0.2) is 4.98 Å². The average molecular weight is 265 g/mol. The third kappa shape index (κ3) is 5.70. The van der Waals surface area contributed by atoms with Crippen LogP contribution < -0.4 is 10.6 Å². The predicted octanol–water partition coefficient (Wildman–Crippen LogP) is 2.06. The molecule has 106 valence electrons. The zero-order chi connectivity index (χ0) is 14.1. The maximum absolute atomic E-state index is 12.0. The van der Waals surface area contributed by atoms with Crippen molar-refractivity contribution in [2.24, 2.45) is 0 Å². The standard InChI is InChI=1S/C14H23N3O2/c1-4-7-15-13-9-12(6-8-16-13)14(18)17-11(3)10-19-5-2/h6,8-9,11H,4-5,7,10H2,1-3H3,(H,15,16)(H,17,18). The lowest BCUT2D eigenvalue weighted by molar-refractivity contribution is 0.0872. The molecule has 1 rings (SSSR count). The third-order valence-electron chi connectivity index (χ3n) is 2.53. The van der Waals surface area contributed by atoms with E-state index in [-0.39, 0.29) is 11.9 Å². The van der Waals surface area contributed by atoms with Gasteiger partial charge in [0.15, 0.2) is 0 Å². The summed E-state index contributed by atoms with van der Waals surface area (Å²) in [5.74, 6) is 0.626. The highest BCUT2D eigenvalue weighted by molar-refractivity contribution is 5.94. The summed E-state index contributed by atoms with van der Waals surface area (Å²) in [6.45, 7) is 7.96. The van der Waals surface area contributed by atoms with Crippen molar-refractivity contribution in [3.8, 4) is 0 Å². The van der Waals surface area contributed by atoms with Crippen LogP contribution in [-0.2, 0) is 4.74 Å². The summed E-state index contributed by atoms with van der Waals surface area (Å²) < 4.78 is 5.27. The quantitative estimate of drug-likeness (QED) is 0.755. The molecule has 5 nitrogen and oxygen atoms in total. The molecule has 0 radical (unpaired) electrons. The van der Waals surface area contributed by atoms with Crippen molar-refractivity contribution in [1.82, 2.24) is 10.3 Å². The lowest BCUT2D eigenvalue weighted by Gasteiger charge is -2.14. The first-order valence-electron chi connectivity index (χ1n) is 6.75. The zero-order valence-corrected chi connectivity index (χ0v) is 11.9. The fourth-order valence-corrected chi connectivity index (χ4v) is 1.56. The number of hydrogen-bond acceptors (Lipinski definition) is 4. The van der Waals surface area contributed by atoms with Crippen molar-refractivity contribution in [2.75, 3.05) is 25.1 Å². The molecule has 0 aromatic carbocycles. The van der Waals surface area contributed by atoms with Crippen LogP contribution in [0.25, 0.3) is 0 Å². The van der Waals surface area contributed by atoms with E-state index in [9.17, 15) is 4.79 Å². The molecule has 0 aliphatic heterocycles. The van der Waals surface area contributed by atoms with E-state index in [1.165, 1.54) is 0 Å². The molecule has 5 heteroatoms. The van der Waals surface area contributed by atoms with Crippen LogP contribution in [0.3, 0.4) is 0 Å². The van der Waals surface area contributed by atoms with Gasteiger partial charge in [0.2, 0.25) is 0 Å².